The number of hydrogen-bond acceptors (Lipinski definition) is 4. The molecular weight excluding hydrogens is 252 g/mol. The average molecular weight is 268 g/mol. The molecule has 0 bridgehead atoms. The molecule has 0 saturated heterocycles. The Kier molecular flexibility index (Phi) is 5.17. The molecular formula is C13H16O6. The van der Waals surface area contributed by atoms with E-state index in [0.717, 1.165) is 0 Å². The third-order valence-electron chi connectivity index (χ3n) is 2.67. The van der Waals surface area contributed by atoms with Crippen LogP contribution < -0.4 is 9.47 Å². The van der Waals surface area contributed by atoms with E-state index in [1.54, 1.807) is 0 Å². The highest BCUT2D eigenvalue weighted by Crippen LogP contribution is 2.30. The van der Waals surface area contributed by atoms with Gasteiger partial charge in [-0.2, -0.15) is 0 Å². The van der Waals surface area contributed by atoms with E-state index in [1.165, 1.54) is 26.4 Å². The molecule has 1 rings (SSSR count). The maximum Gasteiger partial charge on any atom is 0.339 e. The zero-order valence-electron chi connectivity index (χ0n) is 10.8. The number of carboxylic acids is 2. The summed E-state index contributed by atoms with van der Waals surface area (Å²) in [6.07, 6.45) is 0.869. The predicted molar refractivity (Wildman–Crippen MR) is 67.1 cm³/mol. The Balaban J connectivity index is 3.04. The lowest BCUT2D eigenvalue weighted by Gasteiger charge is -2.12. The summed E-state index contributed by atoms with van der Waals surface area (Å²) >= 11 is 0. The van der Waals surface area contributed by atoms with Crippen LogP contribution in [0.4, 0.5) is 0 Å². The molecule has 6 heteroatoms. The molecule has 1 aromatic rings. The second kappa shape index (κ2) is 6.63. The van der Waals surface area contributed by atoms with E-state index in [9.17, 15) is 9.59 Å². The Labute approximate surface area is 110 Å². The van der Waals surface area contributed by atoms with Crippen molar-refractivity contribution in [2.45, 2.75) is 19.3 Å². The van der Waals surface area contributed by atoms with Gasteiger partial charge in [-0.3, -0.25) is 4.79 Å². The minimum atomic E-state index is -1.10. The van der Waals surface area contributed by atoms with E-state index in [1.807, 2.05) is 0 Å². The van der Waals surface area contributed by atoms with Crippen molar-refractivity contribution in [3.05, 3.63) is 23.3 Å². The van der Waals surface area contributed by atoms with Gasteiger partial charge in [0.05, 0.1) is 14.2 Å². The summed E-state index contributed by atoms with van der Waals surface area (Å²) in [5.74, 6) is -1.27. The van der Waals surface area contributed by atoms with Gasteiger partial charge in [0, 0.05) is 12.5 Å². The standard InChI is InChI=1S/C13H16O6/c1-18-10-7-11(19-2)9(13(16)17)6-8(10)4-3-5-12(14)15/h6-7H,3-5H2,1-2H3,(H,14,15)(H,16,17). The Morgan fingerprint density at radius 1 is 1.11 bits per heavy atom. The number of aryl methyl sites for hydroxylation is 1. The van der Waals surface area contributed by atoms with Crippen molar-refractivity contribution in [2.24, 2.45) is 0 Å². The average Bonchev–Trinajstić information content (AvgIpc) is 2.37. The van der Waals surface area contributed by atoms with Gasteiger partial charge in [0.15, 0.2) is 0 Å². The first-order valence-electron chi connectivity index (χ1n) is 5.69. The number of aliphatic carboxylic acids is 1. The van der Waals surface area contributed by atoms with Crippen LogP contribution >= 0.6 is 0 Å². The number of methoxy groups -OCH3 is 2. The van der Waals surface area contributed by atoms with Crippen molar-refractivity contribution in [2.75, 3.05) is 14.2 Å². The maximum absolute atomic E-state index is 11.1. The van der Waals surface area contributed by atoms with Gasteiger partial charge in [-0.1, -0.05) is 0 Å². The first-order valence-corrected chi connectivity index (χ1v) is 5.69. The van der Waals surface area contributed by atoms with Crippen molar-refractivity contribution in [3.8, 4) is 11.5 Å². The molecule has 0 amide bonds. The Morgan fingerprint density at radius 3 is 2.21 bits per heavy atom. The van der Waals surface area contributed by atoms with E-state index >= 15 is 0 Å². The quantitative estimate of drug-likeness (QED) is 0.783. The summed E-state index contributed by atoms with van der Waals surface area (Å²) in [5.41, 5.74) is 0.690. The number of carbonyl (C=O) groups is 2. The van der Waals surface area contributed by atoms with Gasteiger partial charge in [-0.15, -0.1) is 0 Å². The van der Waals surface area contributed by atoms with Gasteiger partial charge in [0.1, 0.15) is 17.1 Å². The zero-order chi connectivity index (χ0) is 14.4. The normalized spacial score (nSPS) is 10.0. The van der Waals surface area contributed by atoms with Crippen molar-refractivity contribution in [1.29, 1.82) is 0 Å². The molecule has 0 unspecified atom stereocenters. The molecule has 0 aliphatic rings. The minimum Gasteiger partial charge on any atom is -0.496 e. The summed E-state index contributed by atoms with van der Waals surface area (Å²) in [6.45, 7) is 0. The molecule has 1 aromatic carbocycles. The third-order valence-corrected chi connectivity index (χ3v) is 2.67. The van der Waals surface area contributed by atoms with Crippen molar-refractivity contribution in [3.63, 3.8) is 0 Å². The molecule has 19 heavy (non-hydrogen) atoms. The molecule has 0 atom stereocenters. The Bertz CT molecular complexity index is 480. The van der Waals surface area contributed by atoms with Crippen LogP contribution in [-0.4, -0.2) is 36.4 Å². The van der Waals surface area contributed by atoms with E-state index in [-0.39, 0.29) is 17.7 Å². The van der Waals surface area contributed by atoms with Crippen LogP contribution in [0.3, 0.4) is 0 Å². The first kappa shape index (κ1) is 14.8. The van der Waals surface area contributed by atoms with Gasteiger partial charge in [0.25, 0.3) is 0 Å². The van der Waals surface area contributed by atoms with Crippen LogP contribution in [-0.2, 0) is 11.2 Å². The first-order chi connectivity index (χ1) is 8.99. The van der Waals surface area contributed by atoms with Crippen LogP contribution in [0.25, 0.3) is 0 Å². The number of ether oxygens (including phenoxy) is 2. The van der Waals surface area contributed by atoms with Crippen molar-refractivity contribution in [1.82, 2.24) is 0 Å². The van der Waals surface area contributed by atoms with E-state index in [4.69, 9.17) is 19.7 Å². The number of rotatable bonds is 7. The maximum atomic E-state index is 11.1. The molecule has 0 spiro atoms. The summed E-state index contributed by atoms with van der Waals surface area (Å²) in [4.78, 5) is 21.6. The fourth-order valence-corrected chi connectivity index (χ4v) is 1.76. The zero-order valence-corrected chi connectivity index (χ0v) is 10.8. The van der Waals surface area contributed by atoms with Crippen LogP contribution in [0.5, 0.6) is 11.5 Å². The highest BCUT2D eigenvalue weighted by molar-refractivity contribution is 5.91. The van der Waals surface area contributed by atoms with Crippen LogP contribution in [0.15, 0.2) is 12.1 Å². The smallest absolute Gasteiger partial charge is 0.339 e. The molecule has 0 radical (unpaired) electrons. The van der Waals surface area contributed by atoms with Crippen LogP contribution in [0.1, 0.15) is 28.8 Å². The summed E-state index contributed by atoms with van der Waals surface area (Å²) in [5, 5.41) is 17.7. The molecule has 2 N–H and O–H groups in total. The molecule has 0 aliphatic carbocycles. The van der Waals surface area contributed by atoms with Gasteiger partial charge in [-0.25, -0.2) is 4.79 Å². The molecule has 0 heterocycles. The molecule has 0 saturated carbocycles. The number of benzene rings is 1. The van der Waals surface area contributed by atoms with Crippen molar-refractivity contribution < 1.29 is 29.3 Å². The summed E-state index contributed by atoms with van der Waals surface area (Å²) in [7, 11) is 2.85. The van der Waals surface area contributed by atoms with Crippen molar-refractivity contribution >= 4 is 11.9 Å². The van der Waals surface area contributed by atoms with Crippen LogP contribution in [0.2, 0.25) is 0 Å². The summed E-state index contributed by atoms with van der Waals surface area (Å²) in [6, 6.07) is 2.96. The van der Waals surface area contributed by atoms with E-state index < -0.39 is 11.9 Å². The minimum absolute atomic E-state index is 0.0254. The monoisotopic (exact) mass is 268 g/mol. The SMILES string of the molecule is COc1cc(OC)c(C(=O)O)cc1CCCC(=O)O. The highest BCUT2D eigenvalue weighted by atomic mass is 16.5. The highest BCUT2D eigenvalue weighted by Gasteiger charge is 2.16. The number of hydrogen-bond donors (Lipinski definition) is 2. The number of aromatic carboxylic acids is 1. The van der Waals surface area contributed by atoms with E-state index in [0.29, 0.717) is 24.2 Å². The second-order valence-electron chi connectivity index (χ2n) is 3.92. The summed E-state index contributed by atoms with van der Waals surface area (Å²) < 4.78 is 10.2. The Hall–Kier alpha value is -2.24. The van der Waals surface area contributed by atoms with Gasteiger partial charge in [0.2, 0.25) is 0 Å². The Morgan fingerprint density at radius 2 is 1.74 bits per heavy atom. The second-order valence-corrected chi connectivity index (χ2v) is 3.92. The topological polar surface area (TPSA) is 93.1 Å². The van der Waals surface area contributed by atoms with Crippen LogP contribution in [0, 0.1) is 0 Å². The molecule has 0 fully saturated rings. The lowest BCUT2D eigenvalue weighted by Crippen LogP contribution is -2.04. The van der Waals surface area contributed by atoms with Gasteiger partial charge >= 0.3 is 11.9 Å². The van der Waals surface area contributed by atoms with E-state index in [2.05, 4.69) is 0 Å². The molecule has 0 aromatic heterocycles. The third kappa shape index (κ3) is 3.87. The lowest BCUT2D eigenvalue weighted by molar-refractivity contribution is -0.137. The lowest BCUT2D eigenvalue weighted by atomic mass is 10.0. The molecule has 104 valence electrons. The van der Waals surface area contributed by atoms with Gasteiger partial charge in [-0.05, 0) is 24.5 Å². The molecule has 6 nitrogen and oxygen atoms in total. The fraction of sp³-hybridized carbons (Fsp3) is 0.385. The van der Waals surface area contributed by atoms with Gasteiger partial charge < -0.3 is 19.7 Å². The molecule has 0 aliphatic heterocycles. The predicted octanol–water partition coefficient (Wildman–Crippen LogP) is 1.81. The number of carboxylic acid groups (broad SMARTS) is 2. The fourth-order valence-electron chi connectivity index (χ4n) is 1.76. The largest absolute Gasteiger partial charge is 0.496 e.